The van der Waals surface area contributed by atoms with Gasteiger partial charge in [0.1, 0.15) is 11.5 Å². The number of carbonyl (C=O) groups excluding carboxylic acids is 1. The van der Waals surface area contributed by atoms with Crippen molar-refractivity contribution in [1.29, 1.82) is 0 Å². The zero-order valence-corrected chi connectivity index (χ0v) is 15.6. The van der Waals surface area contributed by atoms with Crippen molar-refractivity contribution >= 4 is 17.4 Å². The number of methoxy groups -OCH3 is 3. The Hall–Kier alpha value is -3.03. The monoisotopic (exact) mass is 360 g/mol. The Kier molecular flexibility index (Phi) is 6.60. The first-order valence-corrected chi connectivity index (χ1v) is 8.15. The molecule has 0 fully saturated rings. The third-order valence-corrected chi connectivity index (χ3v) is 3.49. The zero-order chi connectivity index (χ0) is 19.1. The molecule has 2 rings (SSSR count). The molecule has 0 spiro atoms. The molecule has 2 aromatic rings. The van der Waals surface area contributed by atoms with E-state index >= 15 is 0 Å². The third kappa shape index (κ3) is 4.75. The maximum atomic E-state index is 12.0. The molecule has 1 heterocycles. The summed E-state index contributed by atoms with van der Waals surface area (Å²) in [5, 5.41) is 5.90. The van der Waals surface area contributed by atoms with E-state index in [9.17, 15) is 4.79 Å². The third-order valence-electron chi connectivity index (χ3n) is 3.49. The average Bonchev–Trinajstić information content (AvgIpc) is 2.65. The van der Waals surface area contributed by atoms with Gasteiger partial charge in [0, 0.05) is 24.4 Å². The molecular formula is C18H24N4O4. The van der Waals surface area contributed by atoms with Crippen LogP contribution in [0.25, 0.3) is 0 Å². The fraction of sp³-hybridized carbons (Fsp3) is 0.389. The maximum absolute atomic E-state index is 12.0. The molecule has 8 heteroatoms. The van der Waals surface area contributed by atoms with E-state index in [-0.39, 0.29) is 11.6 Å². The van der Waals surface area contributed by atoms with Crippen LogP contribution in [0.4, 0.5) is 11.5 Å². The Labute approximate surface area is 152 Å². The van der Waals surface area contributed by atoms with E-state index in [1.807, 2.05) is 13.8 Å². The van der Waals surface area contributed by atoms with Gasteiger partial charge < -0.3 is 24.8 Å². The number of ether oxygens (including phenoxy) is 3. The standard InChI is InChI=1S/C18H24N4O4/c1-11(2)8-21-18(23)13-9-20-16(10-19-13)22-12-6-14(24-3)17(26-5)15(7-12)25-4/h6-7,9-11H,8H2,1-5H3,(H,20,22)(H,21,23). The van der Waals surface area contributed by atoms with Crippen LogP contribution in [-0.2, 0) is 0 Å². The fourth-order valence-electron chi connectivity index (χ4n) is 2.20. The molecule has 1 amide bonds. The van der Waals surface area contributed by atoms with Gasteiger partial charge in [0.15, 0.2) is 11.5 Å². The van der Waals surface area contributed by atoms with E-state index in [0.29, 0.717) is 41.2 Å². The number of carbonyl (C=O) groups is 1. The van der Waals surface area contributed by atoms with Gasteiger partial charge in [-0.05, 0) is 5.92 Å². The van der Waals surface area contributed by atoms with Gasteiger partial charge in [-0.2, -0.15) is 0 Å². The Morgan fingerprint density at radius 2 is 1.69 bits per heavy atom. The molecule has 1 aromatic carbocycles. The van der Waals surface area contributed by atoms with Gasteiger partial charge in [-0.3, -0.25) is 4.79 Å². The molecular weight excluding hydrogens is 336 g/mol. The highest BCUT2D eigenvalue weighted by atomic mass is 16.5. The number of hydrogen-bond acceptors (Lipinski definition) is 7. The molecule has 8 nitrogen and oxygen atoms in total. The van der Waals surface area contributed by atoms with Crippen molar-refractivity contribution in [2.24, 2.45) is 5.92 Å². The normalized spacial score (nSPS) is 10.4. The fourth-order valence-corrected chi connectivity index (χ4v) is 2.20. The first-order chi connectivity index (χ1) is 12.5. The highest BCUT2D eigenvalue weighted by molar-refractivity contribution is 5.92. The summed E-state index contributed by atoms with van der Waals surface area (Å²) in [5.74, 6) is 2.15. The summed E-state index contributed by atoms with van der Waals surface area (Å²) < 4.78 is 15.9. The van der Waals surface area contributed by atoms with Crippen molar-refractivity contribution in [3.63, 3.8) is 0 Å². The number of nitrogens with one attached hydrogen (secondary N) is 2. The van der Waals surface area contributed by atoms with Crippen LogP contribution < -0.4 is 24.8 Å². The lowest BCUT2D eigenvalue weighted by molar-refractivity contribution is 0.0943. The molecule has 0 aliphatic carbocycles. The van der Waals surface area contributed by atoms with E-state index < -0.39 is 0 Å². The topological polar surface area (TPSA) is 94.6 Å². The highest BCUT2D eigenvalue weighted by Gasteiger charge is 2.14. The van der Waals surface area contributed by atoms with Crippen LogP contribution in [0.5, 0.6) is 17.2 Å². The average molecular weight is 360 g/mol. The number of hydrogen-bond donors (Lipinski definition) is 2. The SMILES string of the molecule is COc1cc(Nc2cnc(C(=O)NCC(C)C)cn2)cc(OC)c1OC. The number of benzene rings is 1. The van der Waals surface area contributed by atoms with Crippen LogP contribution in [-0.4, -0.2) is 43.7 Å². The largest absolute Gasteiger partial charge is 0.493 e. The van der Waals surface area contributed by atoms with E-state index in [0.717, 1.165) is 0 Å². The molecule has 140 valence electrons. The molecule has 0 aliphatic rings. The second-order valence-electron chi connectivity index (χ2n) is 5.93. The Bertz CT molecular complexity index is 722. The first-order valence-electron chi connectivity index (χ1n) is 8.15. The summed E-state index contributed by atoms with van der Waals surface area (Å²) in [5.41, 5.74) is 0.951. The van der Waals surface area contributed by atoms with Crippen molar-refractivity contribution in [1.82, 2.24) is 15.3 Å². The number of aromatic nitrogens is 2. The van der Waals surface area contributed by atoms with Gasteiger partial charge in [-0.15, -0.1) is 0 Å². The molecule has 0 bridgehead atoms. The zero-order valence-electron chi connectivity index (χ0n) is 15.6. The molecule has 0 saturated carbocycles. The minimum Gasteiger partial charge on any atom is -0.493 e. The Balaban J connectivity index is 2.15. The van der Waals surface area contributed by atoms with Crippen LogP contribution >= 0.6 is 0 Å². The van der Waals surface area contributed by atoms with Crippen molar-refractivity contribution in [2.75, 3.05) is 33.2 Å². The van der Waals surface area contributed by atoms with E-state index in [2.05, 4.69) is 20.6 Å². The molecule has 0 atom stereocenters. The van der Waals surface area contributed by atoms with Gasteiger partial charge in [0.05, 0.1) is 33.7 Å². The molecule has 0 radical (unpaired) electrons. The molecule has 26 heavy (non-hydrogen) atoms. The van der Waals surface area contributed by atoms with Crippen molar-refractivity contribution in [2.45, 2.75) is 13.8 Å². The summed E-state index contributed by atoms with van der Waals surface area (Å²) in [4.78, 5) is 20.4. The predicted octanol–water partition coefficient (Wildman–Crippen LogP) is 2.63. The highest BCUT2D eigenvalue weighted by Crippen LogP contribution is 2.40. The molecule has 0 unspecified atom stereocenters. The van der Waals surface area contributed by atoms with Crippen LogP contribution in [0, 0.1) is 5.92 Å². The lowest BCUT2D eigenvalue weighted by Crippen LogP contribution is -2.28. The van der Waals surface area contributed by atoms with Crippen molar-refractivity contribution in [3.8, 4) is 17.2 Å². The number of anilines is 2. The van der Waals surface area contributed by atoms with Crippen LogP contribution in [0.2, 0.25) is 0 Å². The summed E-state index contributed by atoms with van der Waals surface area (Å²) >= 11 is 0. The Morgan fingerprint density at radius 1 is 1.04 bits per heavy atom. The second kappa shape index (κ2) is 8.89. The first kappa shape index (κ1) is 19.3. The van der Waals surface area contributed by atoms with Gasteiger partial charge in [0.25, 0.3) is 5.91 Å². The predicted molar refractivity (Wildman–Crippen MR) is 98.6 cm³/mol. The lowest BCUT2D eigenvalue weighted by atomic mass is 10.2. The van der Waals surface area contributed by atoms with Crippen LogP contribution in [0.3, 0.4) is 0 Å². The number of rotatable bonds is 8. The maximum Gasteiger partial charge on any atom is 0.271 e. The minimum atomic E-state index is -0.245. The quantitative estimate of drug-likeness (QED) is 0.747. The number of amides is 1. The summed E-state index contributed by atoms with van der Waals surface area (Å²) in [6, 6.07) is 3.51. The summed E-state index contributed by atoms with van der Waals surface area (Å²) in [6.07, 6.45) is 2.92. The smallest absolute Gasteiger partial charge is 0.271 e. The summed E-state index contributed by atoms with van der Waals surface area (Å²) in [6.45, 7) is 4.64. The van der Waals surface area contributed by atoms with Gasteiger partial charge >= 0.3 is 0 Å². The lowest BCUT2D eigenvalue weighted by Gasteiger charge is -2.14. The second-order valence-corrected chi connectivity index (χ2v) is 5.93. The Morgan fingerprint density at radius 3 is 2.15 bits per heavy atom. The van der Waals surface area contributed by atoms with E-state index in [1.54, 1.807) is 33.5 Å². The minimum absolute atomic E-state index is 0.245. The van der Waals surface area contributed by atoms with Gasteiger partial charge in [0.2, 0.25) is 5.75 Å². The molecule has 1 aromatic heterocycles. The van der Waals surface area contributed by atoms with Crippen LogP contribution in [0.1, 0.15) is 24.3 Å². The van der Waals surface area contributed by atoms with E-state index in [4.69, 9.17) is 14.2 Å². The molecule has 0 aliphatic heterocycles. The summed E-state index contributed by atoms with van der Waals surface area (Å²) in [7, 11) is 4.64. The van der Waals surface area contributed by atoms with Crippen LogP contribution in [0.15, 0.2) is 24.5 Å². The number of nitrogens with zero attached hydrogens (tertiary/aromatic N) is 2. The van der Waals surface area contributed by atoms with E-state index in [1.165, 1.54) is 12.4 Å². The van der Waals surface area contributed by atoms with Crippen molar-refractivity contribution in [3.05, 3.63) is 30.2 Å². The molecule has 0 saturated heterocycles. The van der Waals surface area contributed by atoms with Gasteiger partial charge in [-0.1, -0.05) is 13.8 Å². The van der Waals surface area contributed by atoms with Crippen molar-refractivity contribution < 1.29 is 19.0 Å². The van der Waals surface area contributed by atoms with Gasteiger partial charge in [-0.25, -0.2) is 9.97 Å². The molecule has 2 N–H and O–H groups in total.